The van der Waals surface area contributed by atoms with Crippen molar-refractivity contribution in [1.29, 1.82) is 0 Å². The number of anilines is 1. The average Bonchev–Trinajstić information content (AvgIpc) is 3.31. The monoisotopic (exact) mass is 464 g/mol. The molecule has 2 aliphatic rings. The van der Waals surface area contributed by atoms with Gasteiger partial charge < -0.3 is 14.7 Å². The van der Waals surface area contributed by atoms with Gasteiger partial charge in [-0.15, -0.1) is 0 Å². The summed E-state index contributed by atoms with van der Waals surface area (Å²) in [5.74, 6) is 0.733. The second-order valence-electron chi connectivity index (χ2n) is 9.59. The maximum Gasteiger partial charge on any atom is 0.273 e. The van der Waals surface area contributed by atoms with Crippen molar-refractivity contribution in [3.05, 3.63) is 101 Å². The standard InChI is InChI=1S/C29H28N4O2/c1-18-15-26(32-35-18)29(34)31-22-11-14-33-27-8-7-21(20-9-12-30-13-10-20)16-25(27)19(2)23-5-3-4-6-24(23)28(33)17-22/h3-10,12-13,15-16,19,22,28H,11,14,17H2,1-2H3,(H,31,34)/t19-,22-,28-/m1/s1. The Kier molecular flexibility index (Phi) is 5.36. The van der Waals surface area contributed by atoms with E-state index in [9.17, 15) is 4.79 Å². The van der Waals surface area contributed by atoms with E-state index in [0.29, 0.717) is 11.5 Å². The Labute approximate surface area is 205 Å². The van der Waals surface area contributed by atoms with E-state index in [2.05, 4.69) is 81.9 Å². The number of fused-ring (bicyclic) bond motifs is 5. The molecule has 3 atom stereocenters. The molecule has 0 spiro atoms. The number of piperidine rings is 1. The van der Waals surface area contributed by atoms with Crippen molar-refractivity contribution in [3.8, 4) is 11.1 Å². The van der Waals surface area contributed by atoms with Crippen LogP contribution in [0.2, 0.25) is 0 Å². The molecule has 0 aliphatic carbocycles. The summed E-state index contributed by atoms with van der Waals surface area (Å²) in [7, 11) is 0. The van der Waals surface area contributed by atoms with Crippen molar-refractivity contribution >= 4 is 11.6 Å². The first kappa shape index (κ1) is 21.6. The van der Waals surface area contributed by atoms with E-state index in [1.807, 2.05) is 12.4 Å². The second-order valence-corrected chi connectivity index (χ2v) is 9.59. The average molecular weight is 465 g/mol. The molecule has 1 saturated heterocycles. The van der Waals surface area contributed by atoms with Gasteiger partial charge in [-0.3, -0.25) is 9.78 Å². The number of carbonyl (C=O) groups excluding carboxylic acids is 1. The summed E-state index contributed by atoms with van der Waals surface area (Å²) < 4.78 is 5.09. The Bertz CT molecular complexity index is 1380. The summed E-state index contributed by atoms with van der Waals surface area (Å²) in [4.78, 5) is 19.5. The van der Waals surface area contributed by atoms with E-state index in [1.54, 1.807) is 13.0 Å². The fraction of sp³-hybridized carbons (Fsp3) is 0.276. The molecule has 4 heterocycles. The number of carbonyl (C=O) groups is 1. The zero-order valence-corrected chi connectivity index (χ0v) is 19.9. The molecule has 1 fully saturated rings. The molecular weight excluding hydrogens is 436 g/mol. The van der Waals surface area contributed by atoms with Gasteiger partial charge in [0.05, 0.1) is 6.04 Å². The maximum absolute atomic E-state index is 12.8. The summed E-state index contributed by atoms with van der Waals surface area (Å²) in [6.45, 7) is 4.97. The Hall–Kier alpha value is -3.93. The first-order valence-electron chi connectivity index (χ1n) is 12.2. The van der Waals surface area contributed by atoms with Crippen LogP contribution >= 0.6 is 0 Å². The Morgan fingerprint density at radius 2 is 1.80 bits per heavy atom. The van der Waals surface area contributed by atoms with Crippen LogP contribution in [-0.2, 0) is 0 Å². The zero-order valence-electron chi connectivity index (χ0n) is 19.9. The third-order valence-corrected chi connectivity index (χ3v) is 7.44. The molecule has 4 aromatic rings. The zero-order chi connectivity index (χ0) is 23.9. The Balaban J connectivity index is 1.36. The highest BCUT2D eigenvalue weighted by atomic mass is 16.5. The minimum absolute atomic E-state index is 0.0711. The van der Waals surface area contributed by atoms with Crippen LogP contribution in [0.25, 0.3) is 11.1 Å². The summed E-state index contributed by atoms with van der Waals surface area (Å²) in [6.07, 6.45) is 5.41. The maximum atomic E-state index is 12.8. The van der Waals surface area contributed by atoms with Crippen molar-refractivity contribution in [1.82, 2.24) is 15.5 Å². The van der Waals surface area contributed by atoms with E-state index in [-0.39, 0.29) is 23.9 Å². The highest BCUT2D eigenvalue weighted by molar-refractivity contribution is 5.92. The molecule has 2 aromatic carbocycles. The number of pyridine rings is 1. The van der Waals surface area contributed by atoms with Gasteiger partial charge in [-0.05, 0) is 71.8 Å². The molecule has 35 heavy (non-hydrogen) atoms. The first-order valence-corrected chi connectivity index (χ1v) is 12.2. The molecule has 6 heteroatoms. The molecule has 0 bridgehead atoms. The highest BCUT2D eigenvalue weighted by Gasteiger charge is 2.37. The summed E-state index contributed by atoms with van der Waals surface area (Å²) >= 11 is 0. The highest BCUT2D eigenvalue weighted by Crippen LogP contribution is 2.47. The predicted molar refractivity (Wildman–Crippen MR) is 135 cm³/mol. The number of nitrogens with zero attached hydrogens (tertiary/aromatic N) is 3. The minimum atomic E-state index is -0.169. The van der Waals surface area contributed by atoms with Crippen LogP contribution in [0.1, 0.15) is 64.7 Å². The van der Waals surface area contributed by atoms with Crippen molar-refractivity contribution in [3.63, 3.8) is 0 Å². The third kappa shape index (κ3) is 3.89. The fourth-order valence-corrected chi connectivity index (χ4v) is 5.68. The molecule has 0 unspecified atom stereocenters. The Morgan fingerprint density at radius 1 is 1.00 bits per heavy atom. The normalized spacial score (nSPS) is 20.9. The van der Waals surface area contributed by atoms with E-state index < -0.39 is 0 Å². The number of nitrogens with one attached hydrogen (secondary N) is 1. The summed E-state index contributed by atoms with van der Waals surface area (Å²) in [5, 5.41) is 7.09. The van der Waals surface area contributed by atoms with Crippen LogP contribution in [0.4, 0.5) is 5.69 Å². The number of amides is 1. The van der Waals surface area contributed by atoms with E-state index >= 15 is 0 Å². The van der Waals surface area contributed by atoms with Crippen molar-refractivity contribution < 1.29 is 9.32 Å². The number of aryl methyl sites for hydroxylation is 1. The van der Waals surface area contributed by atoms with Crippen LogP contribution in [0.15, 0.2) is 77.6 Å². The molecule has 0 radical (unpaired) electrons. The van der Waals surface area contributed by atoms with Crippen LogP contribution in [0, 0.1) is 6.92 Å². The van der Waals surface area contributed by atoms with Gasteiger partial charge in [0, 0.05) is 42.7 Å². The van der Waals surface area contributed by atoms with Gasteiger partial charge in [-0.1, -0.05) is 42.4 Å². The topological polar surface area (TPSA) is 71.3 Å². The third-order valence-electron chi connectivity index (χ3n) is 7.44. The van der Waals surface area contributed by atoms with Gasteiger partial charge in [0.15, 0.2) is 5.69 Å². The molecule has 1 N–H and O–H groups in total. The molecule has 2 aromatic heterocycles. The summed E-state index contributed by atoms with van der Waals surface area (Å²) in [5.41, 5.74) is 8.05. The molecule has 2 aliphatic heterocycles. The van der Waals surface area contributed by atoms with Crippen LogP contribution in [0.5, 0.6) is 0 Å². The van der Waals surface area contributed by atoms with Gasteiger partial charge in [0.25, 0.3) is 5.91 Å². The van der Waals surface area contributed by atoms with Crippen molar-refractivity contribution in [2.75, 3.05) is 11.4 Å². The van der Waals surface area contributed by atoms with E-state index in [4.69, 9.17) is 4.52 Å². The van der Waals surface area contributed by atoms with Gasteiger partial charge in [-0.2, -0.15) is 0 Å². The van der Waals surface area contributed by atoms with Crippen LogP contribution in [-0.4, -0.2) is 28.6 Å². The van der Waals surface area contributed by atoms with Gasteiger partial charge >= 0.3 is 0 Å². The molecule has 6 nitrogen and oxygen atoms in total. The Morgan fingerprint density at radius 3 is 2.57 bits per heavy atom. The second kappa shape index (κ2) is 8.69. The number of rotatable bonds is 3. The van der Waals surface area contributed by atoms with Crippen LogP contribution < -0.4 is 10.2 Å². The van der Waals surface area contributed by atoms with Gasteiger partial charge in [0.1, 0.15) is 5.76 Å². The van der Waals surface area contributed by atoms with Gasteiger partial charge in [0.2, 0.25) is 0 Å². The lowest BCUT2D eigenvalue weighted by Crippen LogP contribution is -2.46. The van der Waals surface area contributed by atoms with Crippen LogP contribution in [0.3, 0.4) is 0 Å². The first-order chi connectivity index (χ1) is 17.1. The molecular formula is C29H28N4O2. The summed E-state index contributed by atoms with van der Waals surface area (Å²) in [6, 6.07) is 21.7. The lowest BCUT2D eigenvalue weighted by molar-refractivity contribution is 0.0918. The van der Waals surface area contributed by atoms with E-state index in [1.165, 1.54) is 33.5 Å². The molecule has 0 saturated carbocycles. The smallest absolute Gasteiger partial charge is 0.273 e. The van der Waals surface area contributed by atoms with Crippen molar-refractivity contribution in [2.45, 2.75) is 44.7 Å². The lowest BCUT2D eigenvalue weighted by atomic mass is 9.85. The fourth-order valence-electron chi connectivity index (χ4n) is 5.68. The number of aromatic nitrogens is 2. The number of hydrogen-bond donors (Lipinski definition) is 1. The lowest BCUT2D eigenvalue weighted by Gasteiger charge is -2.41. The molecule has 176 valence electrons. The number of hydrogen-bond acceptors (Lipinski definition) is 5. The minimum Gasteiger partial charge on any atom is -0.364 e. The predicted octanol–water partition coefficient (Wildman–Crippen LogP) is 5.65. The quantitative estimate of drug-likeness (QED) is 0.424. The van der Waals surface area contributed by atoms with Crippen molar-refractivity contribution in [2.24, 2.45) is 0 Å². The number of benzene rings is 2. The molecule has 6 rings (SSSR count). The van der Waals surface area contributed by atoms with E-state index in [0.717, 1.165) is 19.4 Å². The molecule has 1 amide bonds. The van der Waals surface area contributed by atoms with Gasteiger partial charge in [-0.25, -0.2) is 0 Å². The SMILES string of the molecule is Cc1cc(C(=O)N[C@@H]2CCN3c4ccc(-c5ccncc5)cc4[C@H](C)c4ccccc4[C@H]3C2)no1. The largest absolute Gasteiger partial charge is 0.364 e.